The van der Waals surface area contributed by atoms with Gasteiger partial charge in [-0.15, -0.1) is 5.10 Å². The molecule has 206 valence electrons. The Morgan fingerprint density at radius 2 is 1.87 bits per heavy atom. The van der Waals surface area contributed by atoms with Crippen molar-refractivity contribution in [1.29, 1.82) is 0 Å². The van der Waals surface area contributed by atoms with E-state index in [0.29, 0.717) is 50.4 Å². The van der Waals surface area contributed by atoms with Crippen molar-refractivity contribution in [2.24, 2.45) is 0 Å². The van der Waals surface area contributed by atoms with E-state index in [9.17, 15) is 13.2 Å². The summed E-state index contributed by atoms with van der Waals surface area (Å²) >= 11 is 12.4. The summed E-state index contributed by atoms with van der Waals surface area (Å²) in [6.07, 6.45) is 4.39. The van der Waals surface area contributed by atoms with Crippen molar-refractivity contribution in [3.63, 3.8) is 0 Å². The summed E-state index contributed by atoms with van der Waals surface area (Å²) in [7, 11) is -3.76. The number of nitrogens with zero attached hydrogens (tertiary/aromatic N) is 3. The second-order valence-corrected chi connectivity index (χ2v) is 12.3. The van der Waals surface area contributed by atoms with Crippen molar-refractivity contribution in [1.82, 2.24) is 19.6 Å². The first kappa shape index (κ1) is 27.5. The maximum Gasteiger partial charge on any atom is 0.277 e. The van der Waals surface area contributed by atoms with Gasteiger partial charge in [-0.25, -0.2) is 17.9 Å². The molecule has 0 saturated heterocycles. The van der Waals surface area contributed by atoms with E-state index in [2.05, 4.69) is 14.7 Å². The standard InChI is InChI=1S/C27H29Cl2N5O4S/c1-3-38-23-12-11-18(33-39(36,37)14-13-19-21(28)9-6-10-22(19)29)15-20(23)25-31-27(35)24-16(2)30-26(34(24)32-25)17-7-4-5-8-17/h6,9-12,15,17,33H,3-5,7-8,13-14H2,1-2H3,(H,31,32,35). The number of aromatic amines is 1. The lowest BCUT2D eigenvalue weighted by atomic mass is 10.1. The number of halogens is 2. The van der Waals surface area contributed by atoms with E-state index in [1.807, 2.05) is 6.92 Å². The van der Waals surface area contributed by atoms with E-state index in [0.717, 1.165) is 31.5 Å². The average Bonchev–Trinajstić information content (AvgIpc) is 3.53. The van der Waals surface area contributed by atoms with E-state index in [-0.39, 0.29) is 29.5 Å². The Bertz CT molecular complexity index is 1670. The van der Waals surface area contributed by atoms with Crippen LogP contribution in [0, 0.1) is 6.92 Å². The second kappa shape index (κ2) is 11.2. The molecule has 0 spiro atoms. The number of imidazole rings is 1. The first-order chi connectivity index (χ1) is 18.7. The Morgan fingerprint density at radius 1 is 1.15 bits per heavy atom. The van der Waals surface area contributed by atoms with E-state index in [1.165, 1.54) is 0 Å². The Morgan fingerprint density at radius 3 is 2.56 bits per heavy atom. The number of fused-ring (bicyclic) bond motifs is 1. The lowest BCUT2D eigenvalue weighted by Crippen LogP contribution is -2.19. The van der Waals surface area contributed by atoms with Crippen molar-refractivity contribution in [3.05, 3.63) is 73.9 Å². The molecule has 2 aromatic heterocycles. The van der Waals surface area contributed by atoms with Gasteiger partial charge in [-0.2, -0.15) is 0 Å². The fourth-order valence-corrected chi connectivity index (χ4v) is 6.71. The molecule has 0 amide bonds. The molecular weight excluding hydrogens is 561 g/mol. The van der Waals surface area contributed by atoms with E-state index in [1.54, 1.807) is 47.8 Å². The van der Waals surface area contributed by atoms with Crippen LogP contribution in [0.5, 0.6) is 5.75 Å². The van der Waals surface area contributed by atoms with Gasteiger partial charge in [0.1, 0.15) is 11.6 Å². The number of sulfonamides is 1. The zero-order chi connectivity index (χ0) is 27.7. The number of anilines is 1. The van der Waals surface area contributed by atoms with Crippen LogP contribution < -0.4 is 15.0 Å². The SMILES string of the molecule is CCOc1ccc(NS(=O)(=O)CCc2c(Cl)cccc2Cl)cc1-c1nn2c(C3CCCC3)nc(C)c2c(=O)[nH]1. The summed E-state index contributed by atoms with van der Waals surface area (Å²) in [5, 5.41) is 5.59. The predicted octanol–water partition coefficient (Wildman–Crippen LogP) is 5.74. The zero-order valence-electron chi connectivity index (χ0n) is 21.6. The number of nitrogens with one attached hydrogen (secondary N) is 2. The number of benzene rings is 2. The van der Waals surface area contributed by atoms with Crippen LogP contribution in [-0.4, -0.2) is 40.4 Å². The Kier molecular flexibility index (Phi) is 7.89. The molecule has 4 aromatic rings. The molecular formula is C27H29Cl2N5O4S. The second-order valence-electron chi connectivity index (χ2n) is 9.62. The maximum atomic E-state index is 13.1. The summed E-state index contributed by atoms with van der Waals surface area (Å²) in [5.41, 5.74) is 2.05. The monoisotopic (exact) mass is 589 g/mol. The van der Waals surface area contributed by atoms with Crippen molar-refractivity contribution < 1.29 is 13.2 Å². The van der Waals surface area contributed by atoms with Gasteiger partial charge in [0, 0.05) is 21.7 Å². The largest absolute Gasteiger partial charge is 0.493 e. The highest BCUT2D eigenvalue weighted by molar-refractivity contribution is 7.92. The summed E-state index contributed by atoms with van der Waals surface area (Å²) in [6, 6.07) is 9.92. The average molecular weight is 591 g/mol. The minimum absolute atomic E-state index is 0.146. The smallest absolute Gasteiger partial charge is 0.277 e. The molecule has 1 aliphatic rings. The van der Waals surface area contributed by atoms with Gasteiger partial charge in [0.15, 0.2) is 11.3 Å². The molecule has 9 nitrogen and oxygen atoms in total. The molecule has 1 saturated carbocycles. The van der Waals surface area contributed by atoms with E-state index < -0.39 is 10.0 Å². The molecule has 0 radical (unpaired) electrons. The molecule has 1 aliphatic carbocycles. The topological polar surface area (TPSA) is 118 Å². The van der Waals surface area contributed by atoms with Gasteiger partial charge >= 0.3 is 0 Å². The van der Waals surface area contributed by atoms with Crippen molar-refractivity contribution >= 4 is 44.4 Å². The Balaban J connectivity index is 1.50. The van der Waals surface area contributed by atoms with Gasteiger partial charge in [0.2, 0.25) is 10.0 Å². The molecule has 0 bridgehead atoms. The Hall–Kier alpha value is -3.08. The molecule has 12 heteroatoms. The quantitative estimate of drug-likeness (QED) is 0.257. The molecule has 1 fully saturated rings. The highest BCUT2D eigenvalue weighted by Crippen LogP contribution is 2.35. The summed E-state index contributed by atoms with van der Waals surface area (Å²) in [4.78, 5) is 20.7. The third-order valence-electron chi connectivity index (χ3n) is 6.91. The molecule has 39 heavy (non-hydrogen) atoms. The minimum Gasteiger partial charge on any atom is -0.493 e. The van der Waals surface area contributed by atoms with Gasteiger partial charge in [0.25, 0.3) is 5.56 Å². The molecule has 0 aliphatic heterocycles. The maximum absolute atomic E-state index is 13.1. The third-order valence-corrected chi connectivity index (χ3v) is 8.91. The van der Waals surface area contributed by atoms with Crippen molar-refractivity contribution in [2.75, 3.05) is 17.1 Å². The number of ether oxygens (including phenoxy) is 1. The molecule has 2 N–H and O–H groups in total. The van der Waals surface area contributed by atoms with Gasteiger partial charge in [-0.3, -0.25) is 9.52 Å². The van der Waals surface area contributed by atoms with Crippen LogP contribution in [0.25, 0.3) is 16.9 Å². The number of aryl methyl sites for hydroxylation is 1. The van der Waals surface area contributed by atoms with Crippen LogP contribution in [0.2, 0.25) is 10.0 Å². The predicted molar refractivity (Wildman–Crippen MR) is 154 cm³/mol. The third kappa shape index (κ3) is 5.78. The fraction of sp³-hybridized carbons (Fsp3) is 0.370. The van der Waals surface area contributed by atoms with Crippen molar-refractivity contribution in [2.45, 2.75) is 51.9 Å². The number of aromatic nitrogens is 4. The van der Waals surface area contributed by atoms with Crippen LogP contribution in [0.15, 0.2) is 41.2 Å². The summed E-state index contributed by atoms with van der Waals surface area (Å²) in [6.45, 7) is 4.03. The number of rotatable bonds is 9. The Labute approximate surface area is 236 Å². The number of hydrogen-bond donors (Lipinski definition) is 2. The molecule has 0 atom stereocenters. The van der Waals surface area contributed by atoms with Crippen LogP contribution in [0.3, 0.4) is 0 Å². The normalized spacial score (nSPS) is 14.3. The van der Waals surface area contributed by atoms with Gasteiger partial charge < -0.3 is 9.72 Å². The molecule has 2 aromatic carbocycles. The lowest BCUT2D eigenvalue weighted by molar-refractivity contribution is 0.341. The number of H-pyrrole nitrogens is 1. The van der Waals surface area contributed by atoms with Crippen LogP contribution in [0.1, 0.15) is 55.6 Å². The molecule has 5 rings (SSSR count). The van der Waals surface area contributed by atoms with Gasteiger partial charge in [-0.1, -0.05) is 42.1 Å². The number of hydrogen-bond acceptors (Lipinski definition) is 6. The van der Waals surface area contributed by atoms with E-state index in [4.69, 9.17) is 33.0 Å². The molecule has 0 unspecified atom stereocenters. The van der Waals surface area contributed by atoms with Gasteiger partial charge in [0.05, 0.1) is 23.6 Å². The van der Waals surface area contributed by atoms with Gasteiger partial charge in [-0.05, 0) is 69.0 Å². The van der Waals surface area contributed by atoms with Crippen LogP contribution in [-0.2, 0) is 16.4 Å². The van der Waals surface area contributed by atoms with Crippen LogP contribution >= 0.6 is 23.2 Å². The van der Waals surface area contributed by atoms with Crippen LogP contribution in [0.4, 0.5) is 5.69 Å². The highest BCUT2D eigenvalue weighted by atomic mass is 35.5. The first-order valence-corrected chi connectivity index (χ1v) is 15.3. The first-order valence-electron chi connectivity index (χ1n) is 12.9. The van der Waals surface area contributed by atoms with E-state index >= 15 is 0 Å². The van der Waals surface area contributed by atoms with Crippen molar-refractivity contribution in [3.8, 4) is 17.1 Å². The minimum atomic E-state index is -3.76. The summed E-state index contributed by atoms with van der Waals surface area (Å²) in [5.74, 6) is 1.52. The lowest BCUT2D eigenvalue weighted by Gasteiger charge is -2.14. The molecule has 2 heterocycles. The zero-order valence-corrected chi connectivity index (χ0v) is 24.0. The summed E-state index contributed by atoms with van der Waals surface area (Å²) < 4.78 is 36.0. The highest BCUT2D eigenvalue weighted by Gasteiger charge is 2.25. The fourth-order valence-electron chi connectivity index (χ4n) is 5.06.